The van der Waals surface area contributed by atoms with Crippen LogP contribution in [0.15, 0.2) is 85.3 Å². The van der Waals surface area contributed by atoms with Crippen LogP contribution < -0.4 is 5.32 Å². The lowest BCUT2D eigenvalue weighted by molar-refractivity contribution is 0.860. The number of hydrogen-bond donors (Lipinski definition) is 4. The fourth-order valence-electron chi connectivity index (χ4n) is 4.50. The number of aryl methyl sites for hydroxylation is 1. The molecule has 0 saturated carbocycles. The molecule has 7 heteroatoms. The molecule has 168 valence electrons. The molecule has 0 unspecified atom stereocenters. The molecular weight excluding hydrogens is 440 g/mol. The molecule has 34 heavy (non-hydrogen) atoms. The summed E-state index contributed by atoms with van der Waals surface area (Å²) in [7, 11) is 0. The number of fused-ring (bicyclic) bond motifs is 2. The van der Waals surface area contributed by atoms with Crippen molar-refractivity contribution in [1.29, 1.82) is 0 Å². The van der Waals surface area contributed by atoms with Crippen molar-refractivity contribution in [3.05, 3.63) is 95.7 Å². The van der Waals surface area contributed by atoms with Gasteiger partial charge >= 0.3 is 0 Å². The molecule has 0 saturated heterocycles. The van der Waals surface area contributed by atoms with Crippen LogP contribution >= 0.6 is 12.2 Å². The van der Waals surface area contributed by atoms with Crippen molar-refractivity contribution >= 4 is 40.0 Å². The Labute approximate surface area is 201 Å². The predicted octanol–water partition coefficient (Wildman–Crippen LogP) is 6.60. The van der Waals surface area contributed by atoms with Gasteiger partial charge in [-0.1, -0.05) is 36.4 Å². The number of rotatable bonds is 7. The lowest BCUT2D eigenvalue weighted by Crippen LogP contribution is -2.05. The second-order valence-electron chi connectivity index (χ2n) is 8.39. The van der Waals surface area contributed by atoms with E-state index in [-0.39, 0.29) is 0 Å². The van der Waals surface area contributed by atoms with Gasteiger partial charge in [-0.3, -0.25) is 4.57 Å². The van der Waals surface area contributed by atoms with Crippen LogP contribution in [0, 0.1) is 4.77 Å². The molecule has 0 atom stereocenters. The fraction of sp³-hybridized carbons (Fsp3) is 0.111. The van der Waals surface area contributed by atoms with Gasteiger partial charge in [-0.05, 0) is 67.0 Å². The molecule has 0 radical (unpaired) electrons. The number of aromatic nitrogens is 5. The zero-order valence-electron chi connectivity index (χ0n) is 18.5. The van der Waals surface area contributed by atoms with Gasteiger partial charge in [-0.15, -0.1) is 0 Å². The van der Waals surface area contributed by atoms with Gasteiger partial charge in [-0.25, -0.2) is 4.98 Å². The molecule has 6 aromatic rings. The second-order valence-corrected chi connectivity index (χ2v) is 8.78. The maximum Gasteiger partial charge on any atom is 0.183 e. The summed E-state index contributed by atoms with van der Waals surface area (Å²) < 4.78 is 2.75. The van der Waals surface area contributed by atoms with E-state index in [2.05, 4.69) is 96.5 Å². The maximum atomic E-state index is 5.81. The van der Waals surface area contributed by atoms with E-state index >= 15 is 0 Å². The molecule has 0 aliphatic carbocycles. The van der Waals surface area contributed by atoms with Gasteiger partial charge in [0.25, 0.3) is 0 Å². The summed E-state index contributed by atoms with van der Waals surface area (Å²) in [6.45, 7) is 0.836. The predicted molar refractivity (Wildman–Crippen MR) is 141 cm³/mol. The fourth-order valence-corrected chi connectivity index (χ4v) is 4.80. The summed E-state index contributed by atoms with van der Waals surface area (Å²) in [6, 6.07) is 25.3. The van der Waals surface area contributed by atoms with Gasteiger partial charge < -0.3 is 20.3 Å². The van der Waals surface area contributed by atoms with Crippen LogP contribution in [0.2, 0.25) is 0 Å². The highest BCUT2D eigenvalue weighted by Crippen LogP contribution is 2.33. The lowest BCUT2D eigenvalue weighted by atomic mass is 10.1. The third-order valence-electron chi connectivity index (χ3n) is 6.17. The lowest BCUT2D eigenvalue weighted by Gasteiger charge is -2.12. The Morgan fingerprint density at radius 2 is 1.82 bits per heavy atom. The summed E-state index contributed by atoms with van der Waals surface area (Å²) in [6.07, 6.45) is 5.72. The molecule has 3 heterocycles. The van der Waals surface area contributed by atoms with Crippen molar-refractivity contribution in [3.63, 3.8) is 0 Å². The van der Waals surface area contributed by atoms with E-state index in [0.717, 1.165) is 64.1 Å². The first kappa shape index (κ1) is 20.5. The Morgan fingerprint density at radius 3 is 2.74 bits per heavy atom. The monoisotopic (exact) mass is 464 g/mol. The molecule has 0 spiro atoms. The zero-order chi connectivity index (χ0) is 22.9. The van der Waals surface area contributed by atoms with Gasteiger partial charge in [-0.2, -0.15) is 0 Å². The third kappa shape index (κ3) is 3.80. The molecule has 6 nitrogen and oxygen atoms in total. The maximum absolute atomic E-state index is 5.81. The molecule has 3 aromatic heterocycles. The normalized spacial score (nSPS) is 11.4. The molecule has 0 bridgehead atoms. The highest BCUT2D eigenvalue weighted by Gasteiger charge is 2.17. The minimum Gasteiger partial charge on any atom is -0.370 e. The average Bonchev–Trinajstić information content (AvgIpc) is 3.59. The molecule has 0 amide bonds. The summed E-state index contributed by atoms with van der Waals surface area (Å²) in [5, 5.41) is 4.78. The van der Waals surface area contributed by atoms with E-state index in [9.17, 15) is 0 Å². The van der Waals surface area contributed by atoms with Crippen molar-refractivity contribution in [2.75, 3.05) is 11.9 Å². The van der Waals surface area contributed by atoms with Gasteiger partial charge in [0.05, 0.1) is 28.7 Å². The van der Waals surface area contributed by atoms with E-state index < -0.39 is 0 Å². The van der Waals surface area contributed by atoms with Crippen molar-refractivity contribution in [1.82, 2.24) is 24.5 Å². The topological polar surface area (TPSA) is 77.2 Å². The zero-order valence-corrected chi connectivity index (χ0v) is 19.3. The van der Waals surface area contributed by atoms with Crippen molar-refractivity contribution in [2.45, 2.75) is 12.8 Å². The number of aromatic amines is 3. The first-order valence-corrected chi connectivity index (χ1v) is 11.8. The van der Waals surface area contributed by atoms with Gasteiger partial charge in [0.15, 0.2) is 4.77 Å². The highest BCUT2D eigenvalue weighted by molar-refractivity contribution is 7.71. The molecular formula is C27H24N6S. The number of hydrogen-bond acceptors (Lipinski definition) is 3. The Kier molecular flexibility index (Phi) is 5.24. The van der Waals surface area contributed by atoms with Gasteiger partial charge in [0.2, 0.25) is 0 Å². The Morgan fingerprint density at radius 1 is 0.912 bits per heavy atom. The summed E-state index contributed by atoms with van der Waals surface area (Å²) in [4.78, 5) is 14.3. The highest BCUT2D eigenvalue weighted by atomic mass is 32.1. The van der Waals surface area contributed by atoms with E-state index in [1.807, 2.05) is 12.3 Å². The number of nitrogens with one attached hydrogen (secondary N) is 4. The molecule has 3 aromatic carbocycles. The first-order valence-electron chi connectivity index (χ1n) is 11.4. The Bertz CT molecular complexity index is 1640. The van der Waals surface area contributed by atoms with Crippen LogP contribution in [0.5, 0.6) is 0 Å². The van der Waals surface area contributed by atoms with Gasteiger partial charge in [0, 0.05) is 29.2 Å². The summed E-state index contributed by atoms with van der Waals surface area (Å²) in [5.74, 6) is 0.928. The van der Waals surface area contributed by atoms with Crippen molar-refractivity contribution < 1.29 is 0 Å². The Hall–Kier alpha value is -4.10. The van der Waals surface area contributed by atoms with Crippen LogP contribution in [-0.4, -0.2) is 31.0 Å². The minimum atomic E-state index is 0.647. The molecule has 0 aliphatic rings. The molecule has 4 N–H and O–H groups in total. The number of H-pyrrole nitrogens is 3. The van der Waals surface area contributed by atoms with E-state index in [4.69, 9.17) is 12.2 Å². The van der Waals surface area contributed by atoms with Crippen molar-refractivity contribution in [3.8, 4) is 16.9 Å². The van der Waals surface area contributed by atoms with Crippen LogP contribution in [-0.2, 0) is 6.42 Å². The smallest absolute Gasteiger partial charge is 0.183 e. The average molecular weight is 465 g/mol. The van der Waals surface area contributed by atoms with Crippen molar-refractivity contribution in [2.24, 2.45) is 0 Å². The standard InChI is InChI=1S/C27H24N6S/c34-27-32-26(29-13-4-7-18-5-2-1-3-6-18)25(20-8-10-22-19(15-20)12-14-28-22)33(27)21-9-11-23-24(16-21)31-17-30-23/h1-3,5-6,8-12,14-17,28-29H,4,7,13H2,(H,30,31)(H,32,34). The number of anilines is 1. The first-order chi connectivity index (χ1) is 16.8. The summed E-state index contributed by atoms with van der Waals surface area (Å²) in [5.41, 5.74) is 7.47. The van der Waals surface area contributed by atoms with E-state index in [0.29, 0.717) is 4.77 Å². The number of imidazole rings is 2. The van der Waals surface area contributed by atoms with Gasteiger partial charge in [0.1, 0.15) is 5.82 Å². The number of nitrogens with zero attached hydrogens (tertiary/aromatic N) is 2. The van der Waals surface area contributed by atoms with Crippen LogP contribution in [0.25, 0.3) is 38.9 Å². The SMILES string of the molecule is S=c1[nH]c(NCCCc2ccccc2)c(-c2ccc3[nH]ccc3c2)n1-c1ccc2nc[nH]c2c1. The molecule has 6 rings (SSSR count). The third-order valence-corrected chi connectivity index (χ3v) is 6.46. The largest absolute Gasteiger partial charge is 0.370 e. The molecule has 0 fully saturated rings. The quantitative estimate of drug-likeness (QED) is 0.159. The minimum absolute atomic E-state index is 0.647. The summed E-state index contributed by atoms with van der Waals surface area (Å²) >= 11 is 5.81. The van der Waals surface area contributed by atoms with Crippen LogP contribution in [0.1, 0.15) is 12.0 Å². The van der Waals surface area contributed by atoms with Crippen LogP contribution in [0.3, 0.4) is 0 Å². The number of benzene rings is 3. The Balaban J connectivity index is 1.39. The second kappa shape index (κ2) is 8.68. The van der Waals surface area contributed by atoms with E-state index in [1.165, 1.54) is 5.56 Å². The van der Waals surface area contributed by atoms with Crippen LogP contribution in [0.4, 0.5) is 5.82 Å². The van der Waals surface area contributed by atoms with E-state index in [1.54, 1.807) is 6.33 Å². The molecule has 0 aliphatic heterocycles.